The van der Waals surface area contributed by atoms with E-state index in [2.05, 4.69) is 5.32 Å². The van der Waals surface area contributed by atoms with Gasteiger partial charge in [0.2, 0.25) is 21.8 Å². The second-order valence-corrected chi connectivity index (χ2v) is 12.5. The topological polar surface area (TPSA) is 86.8 Å². The highest BCUT2D eigenvalue weighted by molar-refractivity contribution is 7.92. The van der Waals surface area contributed by atoms with E-state index in [1.807, 2.05) is 62.4 Å². The van der Waals surface area contributed by atoms with Crippen molar-refractivity contribution in [1.29, 1.82) is 0 Å². The highest BCUT2D eigenvalue weighted by Crippen LogP contribution is 2.28. The van der Waals surface area contributed by atoms with Gasteiger partial charge in [-0.05, 0) is 61.2 Å². The molecule has 1 unspecified atom stereocenters. The maximum Gasteiger partial charge on any atom is 0.242 e. The van der Waals surface area contributed by atoms with Gasteiger partial charge in [0.25, 0.3) is 0 Å². The van der Waals surface area contributed by atoms with Crippen LogP contribution in [0, 0.1) is 13.8 Å². The molecule has 1 atom stereocenters. The molecular formula is C30H35Cl2N3O4S. The number of hydrogen-bond donors (Lipinski definition) is 1. The van der Waals surface area contributed by atoms with E-state index in [9.17, 15) is 18.0 Å². The van der Waals surface area contributed by atoms with Gasteiger partial charge in [0, 0.05) is 48.6 Å². The quantitative estimate of drug-likeness (QED) is 0.294. The largest absolute Gasteiger partial charge is 0.357 e. The van der Waals surface area contributed by atoms with Crippen molar-refractivity contribution in [2.75, 3.05) is 24.2 Å². The van der Waals surface area contributed by atoms with Crippen LogP contribution in [-0.2, 0) is 32.6 Å². The maximum absolute atomic E-state index is 13.8. The predicted octanol–water partition coefficient (Wildman–Crippen LogP) is 5.54. The van der Waals surface area contributed by atoms with Gasteiger partial charge in [-0.25, -0.2) is 8.42 Å². The summed E-state index contributed by atoms with van der Waals surface area (Å²) < 4.78 is 26.7. The molecule has 0 aliphatic carbocycles. The molecule has 0 spiro atoms. The minimum absolute atomic E-state index is 0.0151. The average molecular weight is 605 g/mol. The van der Waals surface area contributed by atoms with Gasteiger partial charge >= 0.3 is 0 Å². The summed E-state index contributed by atoms with van der Waals surface area (Å²) in [5.74, 6) is -0.636. The number of rotatable bonds is 12. The number of anilines is 1. The Kier molecular flexibility index (Phi) is 11.0. The Morgan fingerprint density at radius 3 is 2.08 bits per heavy atom. The van der Waals surface area contributed by atoms with Crippen molar-refractivity contribution >= 4 is 50.7 Å². The Morgan fingerprint density at radius 1 is 0.925 bits per heavy atom. The number of halogens is 2. The Morgan fingerprint density at radius 2 is 1.52 bits per heavy atom. The van der Waals surface area contributed by atoms with Crippen LogP contribution in [0.2, 0.25) is 10.0 Å². The molecule has 10 heteroatoms. The van der Waals surface area contributed by atoms with E-state index in [0.717, 1.165) is 22.9 Å². The summed E-state index contributed by atoms with van der Waals surface area (Å²) >= 11 is 12.9. The number of carbonyl (C=O) groups excluding carboxylic acids is 2. The summed E-state index contributed by atoms with van der Waals surface area (Å²) in [5.41, 5.74) is 3.86. The van der Waals surface area contributed by atoms with E-state index in [1.54, 1.807) is 18.2 Å². The van der Waals surface area contributed by atoms with Gasteiger partial charge in [-0.2, -0.15) is 0 Å². The summed E-state index contributed by atoms with van der Waals surface area (Å²) in [6, 6.07) is 19.3. The molecular weight excluding hydrogens is 569 g/mol. The van der Waals surface area contributed by atoms with E-state index >= 15 is 0 Å². The standard InChI is InChI=1S/C30H35Cl2N3O4S/c1-21-16-22(2)18-24(17-21)35(40(4,38)39)15-9-14-29(36)34(20-25-26(31)12-8-13-27(25)32)28(30(37)33-3)19-23-10-6-5-7-11-23/h5-8,10-13,16-18,28H,9,14-15,19-20H2,1-4H3,(H,33,37). The molecule has 1 N–H and O–H groups in total. The highest BCUT2D eigenvalue weighted by Gasteiger charge is 2.31. The van der Waals surface area contributed by atoms with Gasteiger partial charge in [0.05, 0.1) is 11.9 Å². The molecule has 40 heavy (non-hydrogen) atoms. The van der Waals surface area contributed by atoms with E-state index in [0.29, 0.717) is 21.3 Å². The molecule has 7 nitrogen and oxygen atoms in total. The first-order chi connectivity index (χ1) is 18.9. The summed E-state index contributed by atoms with van der Waals surface area (Å²) in [4.78, 5) is 28.4. The molecule has 3 rings (SSSR count). The number of carbonyl (C=O) groups is 2. The molecule has 214 valence electrons. The van der Waals surface area contributed by atoms with Gasteiger partial charge in [0.1, 0.15) is 6.04 Å². The van der Waals surface area contributed by atoms with Gasteiger partial charge < -0.3 is 10.2 Å². The zero-order valence-electron chi connectivity index (χ0n) is 23.2. The monoisotopic (exact) mass is 603 g/mol. The summed E-state index contributed by atoms with van der Waals surface area (Å²) in [7, 11) is -2.07. The lowest BCUT2D eigenvalue weighted by atomic mass is 10.0. The van der Waals surface area contributed by atoms with Crippen molar-refractivity contribution in [1.82, 2.24) is 10.2 Å². The van der Waals surface area contributed by atoms with Crippen molar-refractivity contribution < 1.29 is 18.0 Å². The number of likely N-dealkylation sites (N-methyl/N-ethyl adjacent to an activating group) is 1. The lowest BCUT2D eigenvalue weighted by Crippen LogP contribution is -2.50. The van der Waals surface area contributed by atoms with Gasteiger partial charge in [-0.15, -0.1) is 0 Å². The normalized spacial score (nSPS) is 12.1. The van der Waals surface area contributed by atoms with Crippen LogP contribution in [0.5, 0.6) is 0 Å². The van der Waals surface area contributed by atoms with Crippen LogP contribution >= 0.6 is 23.2 Å². The summed E-state index contributed by atoms with van der Waals surface area (Å²) in [6.45, 7) is 3.94. The first-order valence-electron chi connectivity index (χ1n) is 12.9. The molecule has 0 aromatic heterocycles. The fraction of sp³-hybridized carbons (Fsp3) is 0.333. The van der Waals surface area contributed by atoms with Crippen molar-refractivity contribution in [3.8, 4) is 0 Å². The zero-order valence-corrected chi connectivity index (χ0v) is 25.5. The van der Waals surface area contributed by atoms with Crippen LogP contribution in [0.25, 0.3) is 0 Å². The molecule has 0 bridgehead atoms. The first-order valence-corrected chi connectivity index (χ1v) is 15.5. The minimum atomic E-state index is -3.59. The molecule has 0 aliphatic rings. The Balaban J connectivity index is 1.90. The van der Waals surface area contributed by atoms with Crippen LogP contribution in [0.4, 0.5) is 5.69 Å². The number of aryl methyl sites for hydroxylation is 2. The SMILES string of the molecule is CNC(=O)C(Cc1ccccc1)N(Cc1c(Cl)cccc1Cl)C(=O)CCCN(c1cc(C)cc(C)c1)S(C)(=O)=O. The third kappa shape index (κ3) is 8.46. The molecule has 0 fully saturated rings. The van der Waals surface area contributed by atoms with E-state index < -0.39 is 16.1 Å². The fourth-order valence-corrected chi connectivity index (χ4v) is 6.14. The zero-order chi connectivity index (χ0) is 29.4. The molecule has 3 aromatic carbocycles. The molecule has 0 saturated heterocycles. The third-order valence-corrected chi connectivity index (χ3v) is 8.46. The Bertz CT molecular complexity index is 1410. The number of benzene rings is 3. The maximum atomic E-state index is 13.8. The summed E-state index contributed by atoms with van der Waals surface area (Å²) in [6.07, 6.45) is 1.70. The number of hydrogen-bond acceptors (Lipinski definition) is 4. The van der Waals surface area contributed by atoms with Crippen LogP contribution in [0.3, 0.4) is 0 Å². The molecule has 3 aromatic rings. The smallest absolute Gasteiger partial charge is 0.242 e. The average Bonchev–Trinajstić information content (AvgIpc) is 2.88. The number of nitrogens with zero attached hydrogens (tertiary/aromatic N) is 2. The third-order valence-electron chi connectivity index (χ3n) is 6.55. The second-order valence-electron chi connectivity index (χ2n) is 9.83. The van der Waals surface area contributed by atoms with Gasteiger partial charge in [0.15, 0.2) is 0 Å². The van der Waals surface area contributed by atoms with Crippen molar-refractivity contribution in [3.05, 3.63) is 99.0 Å². The van der Waals surface area contributed by atoms with Gasteiger partial charge in [-0.1, -0.05) is 65.7 Å². The van der Waals surface area contributed by atoms with Crippen LogP contribution in [0.1, 0.15) is 35.1 Å². The Labute approximate surface area is 247 Å². The molecule has 0 radical (unpaired) electrons. The molecule has 0 aliphatic heterocycles. The van der Waals surface area contributed by atoms with Crippen molar-refractivity contribution in [3.63, 3.8) is 0 Å². The van der Waals surface area contributed by atoms with Crippen LogP contribution in [0.15, 0.2) is 66.7 Å². The van der Waals surface area contributed by atoms with E-state index in [4.69, 9.17) is 23.2 Å². The number of nitrogens with one attached hydrogen (secondary N) is 1. The minimum Gasteiger partial charge on any atom is -0.357 e. The molecule has 0 heterocycles. The van der Waals surface area contributed by atoms with Crippen molar-refractivity contribution in [2.45, 2.75) is 45.7 Å². The lowest BCUT2D eigenvalue weighted by molar-refractivity contribution is -0.141. The Hall–Kier alpha value is -3.07. The highest BCUT2D eigenvalue weighted by atomic mass is 35.5. The fourth-order valence-electron chi connectivity index (χ4n) is 4.67. The first kappa shape index (κ1) is 31.5. The molecule has 0 saturated carbocycles. The predicted molar refractivity (Wildman–Crippen MR) is 162 cm³/mol. The van der Waals surface area contributed by atoms with E-state index in [1.165, 1.54) is 16.3 Å². The van der Waals surface area contributed by atoms with Gasteiger partial charge in [-0.3, -0.25) is 13.9 Å². The second kappa shape index (κ2) is 14.0. The van der Waals surface area contributed by atoms with E-state index in [-0.39, 0.29) is 44.2 Å². The summed E-state index contributed by atoms with van der Waals surface area (Å²) in [5, 5.41) is 3.45. The number of sulfonamides is 1. The number of amides is 2. The molecule has 2 amide bonds. The lowest BCUT2D eigenvalue weighted by Gasteiger charge is -2.32. The van der Waals surface area contributed by atoms with Crippen LogP contribution in [-0.4, -0.2) is 51.0 Å². The van der Waals surface area contributed by atoms with Crippen LogP contribution < -0.4 is 9.62 Å². The van der Waals surface area contributed by atoms with Crippen molar-refractivity contribution in [2.24, 2.45) is 0 Å².